The summed E-state index contributed by atoms with van der Waals surface area (Å²) in [7, 11) is 1.65. The second-order valence-electron chi connectivity index (χ2n) is 6.38. The van der Waals surface area contributed by atoms with Gasteiger partial charge in [0.05, 0.1) is 13.2 Å². The van der Waals surface area contributed by atoms with Gasteiger partial charge in [0, 0.05) is 12.5 Å². The molecule has 2 N–H and O–H groups in total. The molecule has 4 heteroatoms. The molecule has 1 aliphatic carbocycles. The SMILES string of the molecule is COc1ccc(CC(C)C(=O)NCC2CCCC(O)C2)cc1. The van der Waals surface area contributed by atoms with E-state index in [2.05, 4.69) is 5.32 Å². The predicted octanol–water partition coefficient (Wildman–Crippen LogP) is 2.54. The minimum atomic E-state index is -0.188. The van der Waals surface area contributed by atoms with E-state index in [9.17, 15) is 9.90 Å². The molecule has 2 rings (SSSR count). The Labute approximate surface area is 132 Å². The lowest BCUT2D eigenvalue weighted by Gasteiger charge is -2.26. The summed E-state index contributed by atoms with van der Waals surface area (Å²) in [5, 5.41) is 12.7. The van der Waals surface area contributed by atoms with Crippen LogP contribution >= 0.6 is 0 Å². The van der Waals surface area contributed by atoms with E-state index in [1.807, 2.05) is 31.2 Å². The topological polar surface area (TPSA) is 58.6 Å². The van der Waals surface area contributed by atoms with Crippen molar-refractivity contribution in [2.75, 3.05) is 13.7 Å². The smallest absolute Gasteiger partial charge is 0.223 e. The van der Waals surface area contributed by atoms with E-state index in [1.54, 1.807) is 7.11 Å². The van der Waals surface area contributed by atoms with E-state index in [0.29, 0.717) is 12.5 Å². The van der Waals surface area contributed by atoms with Crippen molar-refractivity contribution in [2.24, 2.45) is 11.8 Å². The van der Waals surface area contributed by atoms with Crippen LogP contribution in [0.3, 0.4) is 0 Å². The number of hydrogen-bond donors (Lipinski definition) is 2. The molecule has 0 saturated heterocycles. The summed E-state index contributed by atoms with van der Waals surface area (Å²) >= 11 is 0. The molecule has 1 fully saturated rings. The zero-order valence-corrected chi connectivity index (χ0v) is 13.5. The van der Waals surface area contributed by atoms with Crippen molar-refractivity contribution in [3.63, 3.8) is 0 Å². The molecule has 1 aromatic rings. The van der Waals surface area contributed by atoms with Crippen molar-refractivity contribution in [1.29, 1.82) is 0 Å². The normalized spacial score (nSPS) is 22.9. The third-order valence-corrected chi connectivity index (χ3v) is 4.47. The second-order valence-corrected chi connectivity index (χ2v) is 6.38. The highest BCUT2D eigenvalue weighted by atomic mass is 16.5. The number of ether oxygens (including phenoxy) is 1. The standard InChI is InChI=1S/C18H27NO3/c1-13(10-14-6-8-17(22-2)9-7-14)18(21)19-12-15-4-3-5-16(20)11-15/h6-9,13,15-16,20H,3-5,10-12H2,1-2H3,(H,19,21). The number of nitrogens with one attached hydrogen (secondary N) is 1. The molecule has 122 valence electrons. The summed E-state index contributed by atoms with van der Waals surface area (Å²) in [5.74, 6) is 1.29. The van der Waals surface area contributed by atoms with E-state index < -0.39 is 0 Å². The molecule has 3 atom stereocenters. The van der Waals surface area contributed by atoms with E-state index in [-0.39, 0.29) is 17.9 Å². The second kappa shape index (κ2) is 8.18. The van der Waals surface area contributed by atoms with Crippen LogP contribution in [0.5, 0.6) is 5.75 Å². The van der Waals surface area contributed by atoms with Crippen LogP contribution < -0.4 is 10.1 Å². The van der Waals surface area contributed by atoms with Gasteiger partial charge in [0.25, 0.3) is 0 Å². The lowest BCUT2D eigenvalue weighted by Crippen LogP contribution is -2.36. The van der Waals surface area contributed by atoms with Gasteiger partial charge in [-0.1, -0.05) is 25.5 Å². The van der Waals surface area contributed by atoms with Gasteiger partial charge in [-0.2, -0.15) is 0 Å². The summed E-state index contributed by atoms with van der Waals surface area (Å²) in [6, 6.07) is 7.84. The monoisotopic (exact) mass is 305 g/mol. The van der Waals surface area contributed by atoms with Gasteiger partial charge in [-0.25, -0.2) is 0 Å². The number of aliphatic hydroxyl groups is 1. The summed E-state index contributed by atoms with van der Waals surface area (Å²) in [4.78, 5) is 12.2. The minimum absolute atomic E-state index is 0.0538. The average Bonchev–Trinajstić information content (AvgIpc) is 2.53. The van der Waals surface area contributed by atoms with Gasteiger partial charge in [-0.15, -0.1) is 0 Å². The molecule has 0 radical (unpaired) electrons. The third kappa shape index (κ3) is 5.02. The predicted molar refractivity (Wildman–Crippen MR) is 86.8 cm³/mol. The van der Waals surface area contributed by atoms with Gasteiger partial charge >= 0.3 is 0 Å². The Hall–Kier alpha value is -1.55. The molecule has 1 saturated carbocycles. The summed E-state index contributed by atoms with van der Waals surface area (Å²) in [6.45, 7) is 2.64. The van der Waals surface area contributed by atoms with E-state index >= 15 is 0 Å². The minimum Gasteiger partial charge on any atom is -0.497 e. The van der Waals surface area contributed by atoms with E-state index in [0.717, 1.165) is 43.4 Å². The quantitative estimate of drug-likeness (QED) is 0.849. The van der Waals surface area contributed by atoms with Crippen molar-refractivity contribution in [1.82, 2.24) is 5.32 Å². The van der Waals surface area contributed by atoms with Crippen LogP contribution in [-0.4, -0.2) is 30.8 Å². The number of carbonyl (C=O) groups excluding carboxylic acids is 1. The number of benzene rings is 1. The molecule has 3 unspecified atom stereocenters. The van der Waals surface area contributed by atoms with Gasteiger partial charge in [0.1, 0.15) is 5.75 Å². The Morgan fingerprint density at radius 2 is 2.09 bits per heavy atom. The van der Waals surface area contributed by atoms with Gasteiger partial charge in [-0.3, -0.25) is 4.79 Å². The fourth-order valence-electron chi connectivity index (χ4n) is 3.08. The maximum atomic E-state index is 12.2. The first kappa shape index (κ1) is 16.8. The molecule has 1 aromatic carbocycles. The Balaban J connectivity index is 1.76. The van der Waals surface area contributed by atoms with Gasteiger partial charge < -0.3 is 15.2 Å². The van der Waals surface area contributed by atoms with E-state index in [1.165, 1.54) is 0 Å². The van der Waals surface area contributed by atoms with Crippen LogP contribution in [0.2, 0.25) is 0 Å². The summed E-state index contributed by atoms with van der Waals surface area (Å²) in [5.41, 5.74) is 1.14. The highest BCUT2D eigenvalue weighted by molar-refractivity contribution is 5.78. The number of hydrogen-bond acceptors (Lipinski definition) is 3. The van der Waals surface area contributed by atoms with Gasteiger partial charge in [0.2, 0.25) is 5.91 Å². The molecule has 0 bridgehead atoms. The van der Waals surface area contributed by atoms with Crippen LogP contribution in [0.4, 0.5) is 0 Å². The molecule has 1 amide bonds. The molecule has 0 spiro atoms. The number of methoxy groups -OCH3 is 1. The zero-order valence-electron chi connectivity index (χ0n) is 13.5. The molecular formula is C18H27NO3. The highest BCUT2D eigenvalue weighted by Crippen LogP contribution is 2.23. The van der Waals surface area contributed by atoms with Crippen LogP contribution in [0.1, 0.15) is 38.2 Å². The summed E-state index contributed by atoms with van der Waals surface area (Å²) in [6.07, 6.45) is 4.41. The van der Waals surface area contributed by atoms with Crippen LogP contribution in [0.25, 0.3) is 0 Å². The van der Waals surface area contributed by atoms with Crippen LogP contribution in [0, 0.1) is 11.8 Å². The van der Waals surface area contributed by atoms with Gasteiger partial charge in [-0.05, 0) is 49.3 Å². The Morgan fingerprint density at radius 3 is 2.73 bits per heavy atom. The molecule has 4 nitrogen and oxygen atoms in total. The first-order valence-electron chi connectivity index (χ1n) is 8.17. The van der Waals surface area contributed by atoms with Crippen molar-refractivity contribution < 1.29 is 14.6 Å². The first-order valence-corrected chi connectivity index (χ1v) is 8.17. The fourth-order valence-corrected chi connectivity index (χ4v) is 3.08. The van der Waals surface area contributed by atoms with Crippen molar-refractivity contribution in [3.8, 4) is 5.75 Å². The molecule has 0 heterocycles. The maximum Gasteiger partial charge on any atom is 0.223 e. The van der Waals surface area contributed by atoms with Gasteiger partial charge in [0.15, 0.2) is 0 Å². The van der Waals surface area contributed by atoms with Crippen LogP contribution in [-0.2, 0) is 11.2 Å². The first-order chi connectivity index (χ1) is 10.6. The van der Waals surface area contributed by atoms with Crippen LogP contribution in [0.15, 0.2) is 24.3 Å². The number of amides is 1. The maximum absolute atomic E-state index is 12.2. The Bertz CT molecular complexity index is 472. The molecular weight excluding hydrogens is 278 g/mol. The van der Waals surface area contributed by atoms with Crippen molar-refractivity contribution in [2.45, 2.75) is 45.1 Å². The number of carbonyl (C=O) groups is 1. The van der Waals surface area contributed by atoms with Crippen molar-refractivity contribution in [3.05, 3.63) is 29.8 Å². The molecule has 0 aromatic heterocycles. The third-order valence-electron chi connectivity index (χ3n) is 4.47. The Morgan fingerprint density at radius 1 is 1.36 bits per heavy atom. The largest absolute Gasteiger partial charge is 0.497 e. The molecule has 1 aliphatic rings. The Kier molecular flexibility index (Phi) is 6.25. The molecule has 0 aliphatic heterocycles. The summed E-state index contributed by atoms with van der Waals surface area (Å²) < 4.78 is 5.14. The lowest BCUT2D eigenvalue weighted by atomic mass is 9.87. The average molecular weight is 305 g/mol. The number of aliphatic hydroxyl groups excluding tert-OH is 1. The number of rotatable bonds is 6. The molecule has 22 heavy (non-hydrogen) atoms. The lowest BCUT2D eigenvalue weighted by molar-refractivity contribution is -0.124. The fraction of sp³-hybridized carbons (Fsp3) is 0.611. The highest BCUT2D eigenvalue weighted by Gasteiger charge is 2.21. The zero-order chi connectivity index (χ0) is 15.9. The van der Waals surface area contributed by atoms with Crippen molar-refractivity contribution >= 4 is 5.91 Å². The van der Waals surface area contributed by atoms with E-state index in [4.69, 9.17) is 4.74 Å².